The van der Waals surface area contributed by atoms with Gasteiger partial charge in [0.15, 0.2) is 5.11 Å². The number of nitrogens with one attached hydrogen (secondary N) is 2. The fourth-order valence-electron chi connectivity index (χ4n) is 5.20. The number of rotatable bonds is 7. The predicted octanol–water partition coefficient (Wildman–Crippen LogP) is 5.41. The Morgan fingerprint density at radius 2 is 1.74 bits per heavy atom. The van der Waals surface area contributed by atoms with Crippen LogP contribution in [-0.4, -0.2) is 29.3 Å². The Morgan fingerprint density at radius 1 is 1.00 bits per heavy atom. The summed E-state index contributed by atoms with van der Waals surface area (Å²) < 4.78 is 28.6. The van der Waals surface area contributed by atoms with Crippen molar-refractivity contribution in [3.8, 4) is 0 Å². The van der Waals surface area contributed by atoms with Crippen LogP contribution in [0.2, 0.25) is 0 Å². The van der Waals surface area contributed by atoms with Crippen molar-refractivity contribution in [2.75, 3.05) is 15.9 Å². The number of hydrogen-bond donors (Lipinski definition) is 2. The molecule has 0 spiro atoms. The molecule has 1 aliphatic heterocycles. The molecule has 1 saturated heterocycles. The van der Waals surface area contributed by atoms with Crippen LogP contribution in [0.3, 0.4) is 0 Å². The van der Waals surface area contributed by atoms with Gasteiger partial charge in [0.25, 0.3) is 0 Å². The smallest absolute Gasteiger partial charge is 0.229 e. The molecule has 2 aromatic carbocycles. The Morgan fingerprint density at radius 3 is 2.39 bits per heavy atom. The minimum Gasteiger partial charge on any atom is -0.351 e. The highest BCUT2D eigenvalue weighted by atomic mass is 32.2. The Labute approximate surface area is 229 Å². The van der Waals surface area contributed by atoms with Crippen molar-refractivity contribution in [1.29, 1.82) is 0 Å². The van der Waals surface area contributed by atoms with Gasteiger partial charge in [-0.1, -0.05) is 36.4 Å². The summed E-state index contributed by atoms with van der Waals surface area (Å²) in [5.74, 6) is 0. The van der Waals surface area contributed by atoms with Crippen molar-refractivity contribution in [3.63, 3.8) is 0 Å². The lowest BCUT2D eigenvalue weighted by atomic mass is 9.96. The Kier molecular flexibility index (Phi) is 6.98. The number of aromatic nitrogens is 2. The van der Waals surface area contributed by atoms with Gasteiger partial charge in [-0.25, -0.2) is 8.42 Å². The van der Waals surface area contributed by atoms with Gasteiger partial charge in [-0.2, -0.15) is 0 Å². The normalized spacial score (nSPS) is 17.5. The van der Waals surface area contributed by atoms with Gasteiger partial charge in [0.1, 0.15) is 0 Å². The first-order valence-corrected chi connectivity index (χ1v) is 14.7. The average molecular weight is 546 g/mol. The third-order valence-corrected chi connectivity index (χ3v) is 7.90. The van der Waals surface area contributed by atoms with E-state index in [1.54, 1.807) is 12.3 Å². The molecule has 2 aromatic heterocycles. The summed E-state index contributed by atoms with van der Waals surface area (Å²) in [7, 11) is -3.39. The first kappa shape index (κ1) is 25.9. The Bertz CT molecular complexity index is 1580. The molecule has 0 unspecified atom stereocenters. The molecule has 7 nitrogen and oxygen atoms in total. The minimum atomic E-state index is -3.39. The molecule has 2 atom stereocenters. The number of nitrogens with zero attached hydrogens (tertiary/aromatic N) is 3. The summed E-state index contributed by atoms with van der Waals surface area (Å²) >= 11 is 5.90. The molecule has 2 N–H and O–H groups in total. The molecule has 1 aliphatic rings. The molecule has 0 aliphatic carbocycles. The highest BCUT2D eigenvalue weighted by Gasteiger charge is 2.42. The second kappa shape index (κ2) is 10.2. The van der Waals surface area contributed by atoms with Gasteiger partial charge >= 0.3 is 0 Å². The van der Waals surface area contributed by atoms with Crippen LogP contribution < -0.4 is 14.9 Å². The van der Waals surface area contributed by atoms with Crippen molar-refractivity contribution in [2.24, 2.45) is 0 Å². The second-order valence-corrected chi connectivity index (χ2v) is 11.9. The fourth-order valence-corrected chi connectivity index (χ4v) is 6.17. The van der Waals surface area contributed by atoms with Crippen LogP contribution >= 0.6 is 12.2 Å². The zero-order chi connectivity index (χ0) is 27.0. The number of sulfonamides is 1. The third kappa shape index (κ3) is 5.16. The van der Waals surface area contributed by atoms with Gasteiger partial charge in [-0.05, 0) is 86.1 Å². The largest absolute Gasteiger partial charge is 0.351 e. The molecule has 3 heterocycles. The summed E-state index contributed by atoms with van der Waals surface area (Å²) in [5, 5.41) is 4.12. The molecule has 9 heteroatoms. The summed E-state index contributed by atoms with van der Waals surface area (Å²) in [6.45, 7) is 6.96. The number of hydrogen-bond acceptors (Lipinski definition) is 4. The lowest BCUT2D eigenvalue weighted by molar-refractivity contribution is 0.563. The highest BCUT2D eigenvalue weighted by Crippen LogP contribution is 2.44. The predicted molar refractivity (Wildman–Crippen MR) is 157 cm³/mol. The molecular formula is C29H31N5O2S2. The molecule has 38 heavy (non-hydrogen) atoms. The van der Waals surface area contributed by atoms with Crippen LogP contribution in [0.4, 0.5) is 11.4 Å². The van der Waals surface area contributed by atoms with E-state index in [2.05, 4.69) is 68.7 Å². The van der Waals surface area contributed by atoms with E-state index in [4.69, 9.17) is 12.2 Å². The molecule has 4 aromatic rings. The molecular weight excluding hydrogens is 514 g/mol. The second-order valence-electron chi connectivity index (χ2n) is 9.77. The highest BCUT2D eigenvalue weighted by molar-refractivity contribution is 7.92. The van der Waals surface area contributed by atoms with E-state index in [0.29, 0.717) is 10.8 Å². The van der Waals surface area contributed by atoms with E-state index in [-0.39, 0.29) is 12.1 Å². The third-order valence-electron chi connectivity index (χ3n) is 7.00. The zero-order valence-electron chi connectivity index (χ0n) is 21.8. The van der Waals surface area contributed by atoms with E-state index in [1.807, 2.05) is 43.3 Å². The van der Waals surface area contributed by atoms with Crippen molar-refractivity contribution < 1.29 is 8.42 Å². The number of aryl methyl sites for hydroxylation is 2. The van der Waals surface area contributed by atoms with Crippen molar-refractivity contribution >= 4 is 38.7 Å². The summed E-state index contributed by atoms with van der Waals surface area (Å²) in [4.78, 5) is 6.79. The van der Waals surface area contributed by atoms with Crippen LogP contribution in [0, 0.1) is 20.8 Å². The van der Waals surface area contributed by atoms with Crippen LogP contribution in [0.1, 0.15) is 45.9 Å². The quantitative estimate of drug-likeness (QED) is 0.303. The van der Waals surface area contributed by atoms with Gasteiger partial charge in [0.05, 0.1) is 29.7 Å². The molecule has 0 saturated carbocycles. The summed E-state index contributed by atoms with van der Waals surface area (Å²) in [5.41, 5.74) is 7.89. The van der Waals surface area contributed by atoms with Gasteiger partial charge in [0, 0.05) is 29.8 Å². The van der Waals surface area contributed by atoms with E-state index in [1.165, 1.54) is 17.0 Å². The molecule has 0 amide bonds. The lowest BCUT2D eigenvalue weighted by Crippen LogP contribution is -2.29. The SMILES string of the molecule is Cc1cc(N2C(=S)N[C@@H](c3ccccn3)[C@H]2c2cc(C)n(Cc3ccccc3)c2C)ccc1NS(C)(=O)=O. The first-order valence-electron chi connectivity index (χ1n) is 12.4. The summed E-state index contributed by atoms with van der Waals surface area (Å²) in [6.07, 6.45) is 2.95. The zero-order valence-corrected chi connectivity index (χ0v) is 23.5. The van der Waals surface area contributed by atoms with E-state index < -0.39 is 10.0 Å². The number of pyridine rings is 1. The molecule has 0 radical (unpaired) electrons. The average Bonchev–Trinajstić information content (AvgIpc) is 3.36. The maximum atomic E-state index is 11.8. The van der Waals surface area contributed by atoms with Crippen LogP contribution in [0.5, 0.6) is 0 Å². The van der Waals surface area contributed by atoms with E-state index >= 15 is 0 Å². The topological polar surface area (TPSA) is 79.3 Å². The fraction of sp³-hybridized carbons (Fsp3) is 0.241. The summed E-state index contributed by atoms with van der Waals surface area (Å²) in [6, 6.07) is 24.0. The van der Waals surface area contributed by atoms with Gasteiger partial charge < -0.3 is 14.8 Å². The standard InChI is InChI=1S/C29H31N5O2S2/c1-19-16-23(13-14-25(19)32-38(4,35)36)34-28(27(31-29(34)37)26-12-8-9-15-30-26)24-17-20(2)33(21(24)3)18-22-10-6-5-7-11-22/h5-17,27-28,32H,18H2,1-4H3,(H,31,37)/t27-,28+/m0/s1. The van der Waals surface area contributed by atoms with Crippen LogP contribution in [0.15, 0.2) is 79.0 Å². The Hall–Kier alpha value is -3.69. The number of benzene rings is 2. The van der Waals surface area contributed by atoms with Crippen molar-refractivity contribution in [3.05, 3.63) is 113 Å². The van der Waals surface area contributed by atoms with Crippen molar-refractivity contribution in [1.82, 2.24) is 14.9 Å². The van der Waals surface area contributed by atoms with E-state index in [9.17, 15) is 8.42 Å². The van der Waals surface area contributed by atoms with Gasteiger partial charge in [-0.15, -0.1) is 0 Å². The number of anilines is 2. The van der Waals surface area contributed by atoms with E-state index in [0.717, 1.165) is 35.3 Å². The van der Waals surface area contributed by atoms with Crippen molar-refractivity contribution in [2.45, 2.75) is 39.4 Å². The van der Waals surface area contributed by atoms with Gasteiger partial charge in [0.2, 0.25) is 10.0 Å². The maximum Gasteiger partial charge on any atom is 0.229 e. The lowest BCUT2D eigenvalue weighted by Gasteiger charge is -2.29. The van der Waals surface area contributed by atoms with Crippen LogP contribution in [0.25, 0.3) is 0 Å². The molecule has 5 rings (SSSR count). The van der Waals surface area contributed by atoms with Gasteiger partial charge in [-0.3, -0.25) is 9.71 Å². The maximum absolute atomic E-state index is 11.8. The minimum absolute atomic E-state index is 0.152. The Balaban J connectivity index is 1.60. The molecule has 196 valence electrons. The molecule has 0 bridgehead atoms. The molecule has 1 fully saturated rings. The number of thiocarbonyl (C=S) groups is 1. The monoisotopic (exact) mass is 545 g/mol. The van der Waals surface area contributed by atoms with Crippen LogP contribution in [-0.2, 0) is 16.6 Å². The first-order chi connectivity index (χ1) is 18.1.